The largest absolute Gasteiger partial charge is 0.348 e. The number of hydrogen-bond acceptors (Lipinski definition) is 4. The molecule has 0 bridgehead atoms. The van der Waals surface area contributed by atoms with Crippen molar-refractivity contribution < 1.29 is 9.59 Å². The van der Waals surface area contributed by atoms with Crippen molar-refractivity contribution in [2.45, 2.75) is 20.0 Å². The number of nitrogens with one attached hydrogen (secondary N) is 2. The molecule has 2 aromatic heterocycles. The van der Waals surface area contributed by atoms with Crippen molar-refractivity contribution in [1.82, 2.24) is 20.6 Å². The number of rotatable bonds is 6. The van der Waals surface area contributed by atoms with Gasteiger partial charge in [0.15, 0.2) is 0 Å². The first-order chi connectivity index (χ1) is 13.1. The Kier molecular flexibility index (Phi) is 5.89. The van der Waals surface area contributed by atoms with E-state index >= 15 is 0 Å². The van der Waals surface area contributed by atoms with Crippen LogP contribution in [0.2, 0.25) is 0 Å². The van der Waals surface area contributed by atoms with Crippen molar-refractivity contribution in [2.24, 2.45) is 0 Å². The third kappa shape index (κ3) is 5.22. The fourth-order valence-electron chi connectivity index (χ4n) is 2.46. The topological polar surface area (TPSA) is 84.0 Å². The fraction of sp³-hybridized carbons (Fsp3) is 0.143. The smallest absolute Gasteiger partial charge is 0.253 e. The molecule has 3 rings (SSSR count). The molecular formula is C21H20N4O2. The van der Waals surface area contributed by atoms with E-state index in [2.05, 4.69) is 20.6 Å². The van der Waals surface area contributed by atoms with Gasteiger partial charge < -0.3 is 10.6 Å². The van der Waals surface area contributed by atoms with Crippen LogP contribution in [0.4, 0.5) is 0 Å². The van der Waals surface area contributed by atoms with E-state index in [9.17, 15) is 9.59 Å². The Morgan fingerprint density at radius 2 is 1.30 bits per heavy atom. The van der Waals surface area contributed by atoms with E-state index in [-0.39, 0.29) is 11.8 Å². The van der Waals surface area contributed by atoms with Gasteiger partial charge in [0.2, 0.25) is 0 Å². The minimum atomic E-state index is -0.285. The van der Waals surface area contributed by atoms with Crippen LogP contribution in [0, 0.1) is 6.92 Å². The highest BCUT2D eigenvalue weighted by Gasteiger charge is 2.11. The number of nitrogens with zero attached hydrogens (tertiary/aromatic N) is 2. The number of aryl methyl sites for hydroxylation is 1. The molecule has 27 heavy (non-hydrogen) atoms. The molecule has 2 heterocycles. The molecule has 6 nitrogen and oxygen atoms in total. The molecule has 0 aliphatic heterocycles. The molecule has 0 unspecified atom stereocenters. The van der Waals surface area contributed by atoms with Crippen molar-refractivity contribution in [3.8, 4) is 0 Å². The molecule has 0 radical (unpaired) electrons. The van der Waals surface area contributed by atoms with Gasteiger partial charge >= 0.3 is 0 Å². The Morgan fingerprint density at radius 3 is 1.85 bits per heavy atom. The molecule has 0 aliphatic rings. The number of amides is 2. The van der Waals surface area contributed by atoms with Crippen molar-refractivity contribution in [3.05, 3.63) is 95.1 Å². The lowest BCUT2D eigenvalue weighted by Gasteiger charge is -2.08. The average Bonchev–Trinajstić information content (AvgIpc) is 2.72. The number of carbonyl (C=O) groups excluding carboxylic acids is 2. The van der Waals surface area contributed by atoms with Crippen LogP contribution in [-0.2, 0) is 13.1 Å². The van der Waals surface area contributed by atoms with Gasteiger partial charge in [-0.25, -0.2) is 0 Å². The number of hydrogen-bond donors (Lipinski definition) is 2. The van der Waals surface area contributed by atoms with Gasteiger partial charge in [0.05, 0.1) is 11.1 Å². The van der Waals surface area contributed by atoms with Crippen LogP contribution in [0.5, 0.6) is 0 Å². The minimum Gasteiger partial charge on any atom is -0.348 e. The lowest BCUT2D eigenvalue weighted by atomic mass is 10.1. The molecule has 0 fully saturated rings. The molecule has 6 heteroatoms. The number of pyridine rings is 2. The van der Waals surface area contributed by atoms with E-state index in [0.29, 0.717) is 24.2 Å². The van der Waals surface area contributed by atoms with Crippen molar-refractivity contribution in [1.29, 1.82) is 0 Å². The molecule has 2 amide bonds. The van der Waals surface area contributed by atoms with Gasteiger partial charge in [-0.3, -0.25) is 19.6 Å². The first-order valence-corrected chi connectivity index (χ1v) is 8.58. The summed E-state index contributed by atoms with van der Waals surface area (Å²) in [6, 6.07) is 13.1. The third-order valence-electron chi connectivity index (χ3n) is 4.04. The molecule has 2 N–H and O–H groups in total. The number of benzene rings is 1. The Morgan fingerprint density at radius 1 is 0.778 bits per heavy atom. The van der Waals surface area contributed by atoms with Gasteiger partial charge in [0, 0.05) is 37.9 Å². The zero-order valence-corrected chi connectivity index (χ0v) is 15.0. The summed E-state index contributed by atoms with van der Waals surface area (Å²) in [5.74, 6) is -0.556. The summed E-state index contributed by atoms with van der Waals surface area (Å²) in [6.07, 6.45) is 6.23. The number of aromatic nitrogens is 2. The first-order valence-electron chi connectivity index (χ1n) is 8.58. The van der Waals surface area contributed by atoms with Crippen molar-refractivity contribution in [3.63, 3.8) is 0 Å². The normalized spacial score (nSPS) is 10.3. The van der Waals surface area contributed by atoms with Gasteiger partial charge in [-0.15, -0.1) is 0 Å². The maximum atomic E-state index is 12.3. The van der Waals surface area contributed by atoms with Gasteiger partial charge in [0.1, 0.15) is 0 Å². The van der Waals surface area contributed by atoms with Crippen LogP contribution < -0.4 is 10.6 Å². The van der Waals surface area contributed by atoms with Crippen LogP contribution in [0.25, 0.3) is 0 Å². The molecule has 0 spiro atoms. The monoisotopic (exact) mass is 360 g/mol. The zero-order valence-electron chi connectivity index (χ0n) is 15.0. The molecule has 0 saturated carbocycles. The van der Waals surface area contributed by atoms with E-state index in [1.165, 1.54) is 18.0 Å². The van der Waals surface area contributed by atoms with E-state index in [4.69, 9.17) is 0 Å². The minimum absolute atomic E-state index is 0.271. The Bertz CT molecular complexity index is 924. The van der Waals surface area contributed by atoms with E-state index in [1.807, 2.05) is 43.3 Å². The summed E-state index contributed by atoms with van der Waals surface area (Å²) in [5, 5.41) is 5.65. The molecule has 0 aliphatic carbocycles. The Labute approximate surface area is 157 Å². The maximum absolute atomic E-state index is 12.3. The Hall–Kier alpha value is -3.54. The van der Waals surface area contributed by atoms with Crippen LogP contribution in [-0.4, -0.2) is 21.8 Å². The summed E-state index contributed by atoms with van der Waals surface area (Å²) in [6.45, 7) is 2.81. The van der Waals surface area contributed by atoms with Crippen LogP contribution in [0.3, 0.4) is 0 Å². The third-order valence-corrected chi connectivity index (χ3v) is 4.04. The van der Waals surface area contributed by atoms with E-state index < -0.39 is 0 Å². The van der Waals surface area contributed by atoms with E-state index in [1.54, 1.807) is 18.5 Å². The predicted molar refractivity (Wildman–Crippen MR) is 102 cm³/mol. The molecule has 0 atom stereocenters. The SMILES string of the molecule is Cc1ccc(CNC(=O)c2cncc(C(=O)NCc3ccncc3)c2)cc1. The molecular weight excluding hydrogens is 340 g/mol. The quantitative estimate of drug-likeness (QED) is 0.708. The second kappa shape index (κ2) is 8.71. The van der Waals surface area contributed by atoms with Crippen LogP contribution in [0.1, 0.15) is 37.4 Å². The number of carbonyl (C=O) groups is 2. The van der Waals surface area contributed by atoms with Crippen molar-refractivity contribution >= 4 is 11.8 Å². The summed E-state index contributed by atoms with van der Waals surface area (Å²) >= 11 is 0. The predicted octanol–water partition coefficient (Wildman–Crippen LogP) is 2.65. The van der Waals surface area contributed by atoms with E-state index in [0.717, 1.165) is 11.1 Å². The van der Waals surface area contributed by atoms with Crippen LogP contribution >= 0.6 is 0 Å². The van der Waals surface area contributed by atoms with Crippen LogP contribution in [0.15, 0.2) is 67.3 Å². The Balaban J connectivity index is 1.59. The lowest BCUT2D eigenvalue weighted by molar-refractivity contribution is 0.0950. The first kappa shape index (κ1) is 18.3. The highest BCUT2D eigenvalue weighted by atomic mass is 16.2. The average molecular weight is 360 g/mol. The second-order valence-electron chi connectivity index (χ2n) is 6.17. The fourth-order valence-corrected chi connectivity index (χ4v) is 2.46. The van der Waals surface area contributed by atoms with Gasteiger partial charge in [-0.1, -0.05) is 29.8 Å². The summed E-state index contributed by atoms with van der Waals surface area (Å²) in [5.41, 5.74) is 3.80. The van der Waals surface area contributed by atoms with Crippen molar-refractivity contribution in [2.75, 3.05) is 0 Å². The molecule has 136 valence electrons. The molecule has 1 aromatic carbocycles. The highest BCUT2D eigenvalue weighted by molar-refractivity contribution is 5.99. The lowest BCUT2D eigenvalue weighted by Crippen LogP contribution is -2.25. The maximum Gasteiger partial charge on any atom is 0.253 e. The second-order valence-corrected chi connectivity index (χ2v) is 6.17. The summed E-state index contributed by atoms with van der Waals surface area (Å²) < 4.78 is 0. The molecule has 3 aromatic rings. The van der Waals surface area contributed by atoms with Gasteiger partial charge in [-0.05, 0) is 36.2 Å². The standard InChI is InChI=1S/C21H20N4O2/c1-15-2-4-16(5-3-15)11-24-20(26)18-10-19(14-23-13-18)21(27)25-12-17-6-8-22-9-7-17/h2-10,13-14H,11-12H2,1H3,(H,24,26)(H,25,27). The summed E-state index contributed by atoms with van der Waals surface area (Å²) in [4.78, 5) is 32.6. The van der Waals surface area contributed by atoms with Gasteiger partial charge in [-0.2, -0.15) is 0 Å². The summed E-state index contributed by atoms with van der Waals surface area (Å²) in [7, 11) is 0. The molecule has 0 saturated heterocycles. The van der Waals surface area contributed by atoms with Gasteiger partial charge in [0.25, 0.3) is 11.8 Å². The zero-order chi connectivity index (χ0) is 19.1. The highest BCUT2D eigenvalue weighted by Crippen LogP contribution is 2.06.